The van der Waals surface area contributed by atoms with Crippen molar-refractivity contribution in [3.05, 3.63) is 35.9 Å². The Labute approximate surface area is 118 Å². The number of carbonyl (C=O) groups excluding carboxylic acids is 2. The van der Waals surface area contributed by atoms with Crippen LogP contribution in [0.5, 0.6) is 0 Å². The van der Waals surface area contributed by atoms with Crippen LogP contribution in [0, 0.1) is 5.92 Å². The van der Waals surface area contributed by atoms with Crippen molar-refractivity contribution in [3.8, 4) is 0 Å². The second-order valence-electron chi connectivity index (χ2n) is 4.50. The van der Waals surface area contributed by atoms with Crippen LogP contribution in [0.3, 0.4) is 0 Å². The number of carbonyl (C=O) groups is 2. The lowest BCUT2D eigenvalue weighted by Crippen LogP contribution is -2.34. The molecule has 1 aliphatic rings. The lowest BCUT2D eigenvalue weighted by Gasteiger charge is -2.18. The Morgan fingerprint density at radius 2 is 1.75 bits per heavy atom. The van der Waals surface area contributed by atoms with Crippen LogP contribution in [0.4, 0.5) is 0 Å². The summed E-state index contributed by atoms with van der Waals surface area (Å²) in [5.74, 6) is -1.38. The molecule has 1 atom stereocenters. The van der Waals surface area contributed by atoms with Crippen molar-refractivity contribution in [2.75, 3.05) is 13.4 Å². The van der Waals surface area contributed by atoms with Crippen LogP contribution in [-0.2, 0) is 19.1 Å². The van der Waals surface area contributed by atoms with Gasteiger partial charge in [0.25, 0.3) is 0 Å². The zero-order chi connectivity index (χ0) is 15.0. The SMILES string of the molecule is CC(CO)c1ccccc1.CCC1C(=O)OCOC1=O. The van der Waals surface area contributed by atoms with Gasteiger partial charge in [-0.25, -0.2) is 0 Å². The molecule has 1 aliphatic heterocycles. The number of aliphatic hydroxyl groups is 1. The van der Waals surface area contributed by atoms with Gasteiger partial charge in [0.15, 0.2) is 5.92 Å². The smallest absolute Gasteiger partial charge is 0.323 e. The Morgan fingerprint density at radius 1 is 1.20 bits per heavy atom. The van der Waals surface area contributed by atoms with Gasteiger partial charge in [0.1, 0.15) is 0 Å². The molecule has 110 valence electrons. The molecule has 1 N–H and O–H groups in total. The van der Waals surface area contributed by atoms with E-state index in [1.807, 2.05) is 37.3 Å². The normalized spacial score (nSPS) is 16.6. The number of cyclic esters (lactones) is 2. The number of hydrogen-bond acceptors (Lipinski definition) is 5. The summed E-state index contributed by atoms with van der Waals surface area (Å²) in [6, 6.07) is 10.0. The minimum absolute atomic E-state index is 0.226. The van der Waals surface area contributed by atoms with E-state index >= 15 is 0 Å². The largest absolute Gasteiger partial charge is 0.427 e. The zero-order valence-electron chi connectivity index (χ0n) is 11.7. The standard InChI is InChI=1S/C9H12O.C6H8O4/c1-8(7-10)9-5-3-2-4-6-9;1-2-4-5(7)9-3-10-6(4)8/h2-6,8,10H,7H2,1H3;4H,2-3H2,1H3. The van der Waals surface area contributed by atoms with Crippen LogP contribution in [0.15, 0.2) is 30.3 Å². The Hall–Kier alpha value is -1.88. The van der Waals surface area contributed by atoms with Crippen LogP contribution >= 0.6 is 0 Å². The first kappa shape index (κ1) is 16.2. The highest BCUT2D eigenvalue weighted by Crippen LogP contribution is 2.12. The maximum Gasteiger partial charge on any atom is 0.323 e. The van der Waals surface area contributed by atoms with E-state index in [-0.39, 0.29) is 19.3 Å². The first-order valence-electron chi connectivity index (χ1n) is 6.59. The van der Waals surface area contributed by atoms with E-state index in [4.69, 9.17) is 5.11 Å². The third kappa shape index (κ3) is 4.66. The molecule has 0 aromatic heterocycles. The summed E-state index contributed by atoms with van der Waals surface area (Å²) in [4.78, 5) is 21.4. The average Bonchev–Trinajstić information content (AvgIpc) is 2.48. The summed E-state index contributed by atoms with van der Waals surface area (Å²) in [7, 11) is 0. The van der Waals surface area contributed by atoms with Crippen LogP contribution in [0.2, 0.25) is 0 Å². The van der Waals surface area contributed by atoms with Gasteiger partial charge in [-0.2, -0.15) is 0 Å². The molecule has 20 heavy (non-hydrogen) atoms. The molecule has 0 amide bonds. The van der Waals surface area contributed by atoms with Gasteiger partial charge in [-0.3, -0.25) is 9.59 Å². The molecule has 1 fully saturated rings. The highest BCUT2D eigenvalue weighted by molar-refractivity contribution is 5.95. The molecule has 0 saturated carbocycles. The second-order valence-corrected chi connectivity index (χ2v) is 4.50. The van der Waals surface area contributed by atoms with Crippen molar-refractivity contribution in [1.29, 1.82) is 0 Å². The molecule has 0 bridgehead atoms. The number of rotatable bonds is 3. The van der Waals surface area contributed by atoms with Gasteiger partial charge in [0.05, 0.1) is 0 Å². The van der Waals surface area contributed by atoms with E-state index in [0.29, 0.717) is 6.42 Å². The van der Waals surface area contributed by atoms with Crippen molar-refractivity contribution in [2.24, 2.45) is 5.92 Å². The molecule has 2 rings (SSSR count). The Morgan fingerprint density at radius 3 is 2.15 bits per heavy atom. The maximum atomic E-state index is 10.7. The summed E-state index contributed by atoms with van der Waals surface area (Å²) >= 11 is 0. The van der Waals surface area contributed by atoms with Gasteiger partial charge in [-0.1, -0.05) is 44.2 Å². The van der Waals surface area contributed by atoms with Crippen LogP contribution in [0.25, 0.3) is 0 Å². The highest BCUT2D eigenvalue weighted by atomic mass is 16.7. The number of esters is 2. The van der Waals surface area contributed by atoms with Crippen molar-refractivity contribution in [3.63, 3.8) is 0 Å². The molecule has 1 saturated heterocycles. The minimum atomic E-state index is -0.700. The van der Waals surface area contributed by atoms with Crippen molar-refractivity contribution < 1.29 is 24.2 Å². The molecule has 1 heterocycles. The fourth-order valence-electron chi connectivity index (χ4n) is 1.66. The number of benzene rings is 1. The molecule has 0 radical (unpaired) electrons. The van der Waals surface area contributed by atoms with E-state index in [1.54, 1.807) is 6.92 Å². The van der Waals surface area contributed by atoms with Gasteiger partial charge in [-0.05, 0) is 12.0 Å². The molecule has 0 spiro atoms. The fourth-order valence-corrected chi connectivity index (χ4v) is 1.66. The molecule has 0 aliphatic carbocycles. The van der Waals surface area contributed by atoms with Gasteiger partial charge in [0.2, 0.25) is 6.79 Å². The quantitative estimate of drug-likeness (QED) is 0.675. The lowest BCUT2D eigenvalue weighted by molar-refractivity contribution is -0.190. The molecule has 1 unspecified atom stereocenters. The summed E-state index contributed by atoms with van der Waals surface area (Å²) in [6.45, 7) is 3.74. The van der Waals surface area contributed by atoms with E-state index in [0.717, 1.165) is 0 Å². The molecule has 1 aromatic carbocycles. The van der Waals surface area contributed by atoms with Gasteiger partial charge in [0, 0.05) is 12.5 Å². The third-order valence-corrected chi connectivity index (χ3v) is 3.02. The zero-order valence-corrected chi connectivity index (χ0v) is 11.7. The topological polar surface area (TPSA) is 72.8 Å². The monoisotopic (exact) mass is 280 g/mol. The first-order chi connectivity index (χ1) is 9.60. The first-order valence-corrected chi connectivity index (χ1v) is 6.59. The molecule has 1 aromatic rings. The number of aliphatic hydroxyl groups excluding tert-OH is 1. The van der Waals surface area contributed by atoms with E-state index < -0.39 is 17.9 Å². The third-order valence-electron chi connectivity index (χ3n) is 3.02. The maximum absolute atomic E-state index is 10.7. The molecule has 5 heteroatoms. The lowest BCUT2D eigenvalue weighted by atomic mass is 10.0. The van der Waals surface area contributed by atoms with Crippen LogP contribution in [-0.4, -0.2) is 30.4 Å². The van der Waals surface area contributed by atoms with Crippen LogP contribution in [0.1, 0.15) is 31.7 Å². The second kappa shape index (κ2) is 8.32. The highest BCUT2D eigenvalue weighted by Gasteiger charge is 2.31. The van der Waals surface area contributed by atoms with Gasteiger partial charge >= 0.3 is 11.9 Å². The Bertz CT molecular complexity index is 413. The number of ether oxygens (including phenoxy) is 2. The Balaban J connectivity index is 0.000000200. The van der Waals surface area contributed by atoms with E-state index in [2.05, 4.69) is 9.47 Å². The van der Waals surface area contributed by atoms with E-state index in [1.165, 1.54) is 5.56 Å². The van der Waals surface area contributed by atoms with Crippen molar-refractivity contribution in [1.82, 2.24) is 0 Å². The van der Waals surface area contributed by atoms with Gasteiger partial charge in [-0.15, -0.1) is 0 Å². The summed E-state index contributed by atoms with van der Waals surface area (Å²) in [5.41, 5.74) is 1.20. The number of hydrogen-bond donors (Lipinski definition) is 1. The summed E-state index contributed by atoms with van der Waals surface area (Å²) in [5, 5.41) is 8.79. The summed E-state index contributed by atoms with van der Waals surface area (Å²) in [6.07, 6.45) is 0.442. The summed E-state index contributed by atoms with van der Waals surface area (Å²) < 4.78 is 8.94. The predicted molar refractivity (Wildman–Crippen MR) is 72.8 cm³/mol. The fraction of sp³-hybridized carbons (Fsp3) is 0.467. The molecular formula is C15H20O5. The van der Waals surface area contributed by atoms with Crippen molar-refractivity contribution >= 4 is 11.9 Å². The van der Waals surface area contributed by atoms with Crippen LogP contribution < -0.4 is 0 Å². The molecule has 5 nitrogen and oxygen atoms in total. The van der Waals surface area contributed by atoms with Gasteiger partial charge < -0.3 is 14.6 Å². The minimum Gasteiger partial charge on any atom is -0.427 e. The van der Waals surface area contributed by atoms with E-state index in [9.17, 15) is 9.59 Å². The average molecular weight is 280 g/mol. The predicted octanol–water partition coefficient (Wildman–Crippen LogP) is 1.85. The molecular weight excluding hydrogens is 260 g/mol. The Kier molecular flexibility index (Phi) is 6.73. The van der Waals surface area contributed by atoms with Crippen molar-refractivity contribution in [2.45, 2.75) is 26.2 Å².